The molecule has 0 aliphatic carbocycles. The lowest BCUT2D eigenvalue weighted by Gasteiger charge is -2.36. The van der Waals surface area contributed by atoms with E-state index in [4.69, 9.17) is 4.74 Å². The first-order chi connectivity index (χ1) is 9.88. The summed E-state index contributed by atoms with van der Waals surface area (Å²) in [6.07, 6.45) is 0.627. The first kappa shape index (κ1) is 15.8. The molecule has 2 rings (SSSR count). The molecular formula is C14H18FNO4S. The lowest BCUT2D eigenvalue weighted by molar-refractivity contribution is -0.148. The third-order valence-corrected chi connectivity index (χ3v) is 5.28. The highest BCUT2D eigenvalue weighted by molar-refractivity contribution is 7.91. The summed E-state index contributed by atoms with van der Waals surface area (Å²) in [5.74, 6) is -1.54. The molecule has 1 aromatic carbocycles. The maximum atomic E-state index is 13.8. The van der Waals surface area contributed by atoms with Crippen LogP contribution in [0.2, 0.25) is 0 Å². The van der Waals surface area contributed by atoms with Crippen LogP contribution in [0.3, 0.4) is 0 Å². The van der Waals surface area contributed by atoms with Gasteiger partial charge in [0.2, 0.25) is 0 Å². The van der Waals surface area contributed by atoms with Crippen molar-refractivity contribution < 1.29 is 22.3 Å². The monoisotopic (exact) mass is 315 g/mol. The summed E-state index contributed by atoms with van der Waals surface area (Å²) in [6, 6.07) is 5.85. The lowest BCUT2D eigenvalue weighted by Crippen LogP contribution is -2.55. The second-order valence-corrected chi connectivity index (χ2v) is 7.29. The summed E-state index contributed by atoms with van der Waals surface area (Å²) in [4.78, 5) is 12.3. The van der Waals surface area contributed by atoms with E-state index in [0.29, 0.717) is 12.8 Å². The lowest BCUT2D eigenvalue weighted by atomic mass is 9.94. The maximum absolute atomic E-state index is 13.8. The highest BCUT2D eigenvalue weighted by Crippen LogP contribution is 2.30. The third-order valence-electron chi connectivity index (χ3n) is 3.44. The van der Waals surface area contributed by atoms with Crippen molar-refractivity contribution in [3.8, 4) is 0 Å². The van der Waals surface area contributed by atoms with Crippen molar-refractivity contribution in [2.45, 2.75) is 25.3 Å². The first-order valence-corrected chi connectivity index (χ1v) is 8.61. The number of hydrogen-bond acceptors (Lipinski definition) is 5. The van der Waals surface area contributed by atoms with Crippen molar-refractivity contribution in [3.05, 3.63) is 30.1 Å². The summed E-state index contributed by atoms with van der Waals surface area (Å²) in [5.41, 5.74) is -1.32. The van der Waals surface area contributed by atoms with Gasteiger partial charge in [-0.25, -0.2) is 17.6 Å². The van der Waals surface area contributed by atoms with Gasteiger partial charge in [0.05, 0.1) is 23.8 Å². The van der Waals surface area contributed by atoms with Crippen LogP contribution in [0.4, 0.5) is 10.1 Å². The largest absolute Gasteiger partial charge is 0.464 e. The number of benzene rings is 1. The van der Waals surface area contributed by atoms with E-state index in [1.807, 2.05) is 0 Å². The minimum Gasteiger partial charge on any atom is -0.464 e. The molecule has 1 aliphatic rings. The number of nitrogens with one attached hydrogen (secondary N) is 1. The van der Waals surface area contributed by atoms with Crippen LogP contribution in [-0.4, -0.2) is 38.0 Å². The highest BCUT2D eigenvalue weighted by atomic mass is 32.2. The molecule has 116 valence electrons. The number of rotatable bonds is 4. The van der Waals surface area contributed by atoms with Crippen molar-refractivity contribution in [2.24, 2.45) is 0 Å². The van der Waals surface area contributed by atoms with Crippen LogP contribution in [-0.2, 0) is 19.4 Å². The number of halogens is 1. The van der Waals surface area contributed by atoms with Gasteiger partial charge in [-0.2, -0.15) is 0 Å². The van der Waals surface area contributed by atoms with Crippen LogP contribution in [0.5, 0.6) is 0 Å². The number of anilines is 1. The first-order valence-electron chi connectivity index (χ1n) is 6.79. The van der Waals surface area contributed by atoms with Crippen LogP contribution in [0.1, 0.15) is 19.8 Å². The summed E-state index contributed by atoms with van der Waals surface area (Å²) in [6.45, 7) is 1.78. The predicted molar refractivity (Wildman–Crippen MR) is 77.3 cm³/mol. The number of carbonyl (C=O) groups is 1. The summed E-state index contributed by atoms with van der Waals surface area (Å²) in [7, 11) is -3.37. The normalized spacial score (nSPS) is 24.3. The van der Waals surface area contributed by atoms with E-state index in [0.717, 1.165) is 0 Å². The Bertz CT molecular complexity index is 632. The van der Waals surface area contributed by atoms with Gasteiger partial charge in [0.1, 0.15) is 11.4 Å². The standard InChI is InChI=1S/C14H18FNO4S/c1-2-20-13(17)14(8-5-9-21(18,19)10-14)16-12-7-4-3-6-11(12)15/h3-4,6-7,16H,2,5,8-10H2,1H3. The fraction of sp³-hybridized carbons (Fsp3) is 0.500. The van der Waals surface area contributed by atoms with Gasteiger partial charge in [-0.05, 0) is 31.9 Å². The Hall–Kier alpha value is -1.63. The van der Waals surface area contributed by atoms with Crippen LogP contribution in [0.15, 0.2) is 24.3 Å². The molecule has 1 atom stereocenters. The average Bonchev–Trinajstić information content (AvgIpc) is 2.40. The van der Waals surface area contributed by atoms with E-state index in [1.165, 1.54) is 18.2 Å². The van der Waals surface area contributed by atoms with Crippen molar-refractivity contribution in [3.63, 3.8) is 0 Å². The minimum absolute atomic E-state index is 0.0348. The fourth-order valence-electron chi connectivity index (χ4n) is 2.51. The molecule has 0 bridgehead atoms. The number of esters is 1. The van der Waals surface area contributed by atoms with Crippen LogP contribution in [0.25, 0.3) is 0 Å². The van der Waals surface area contributed by atoms with Gasteiger partial charge in [-0.1, -0.05) is 12.1 Å². The number of carbonyl (C=O) groups excluding carboxylic acids is 1. The summed E-state index contributed by atoms with van der Waals surface area (Å²) in [5, 5.41) is 2.77. The Morgan fingerprint density at radius 3 is 2.76 bits per heavy atom. The van der Waals surface area contributed by atoms with E-state index in [9.17, 15) is 17.6 Å². The van der Waals surface area contributed by atoms with Gasteiger partial charge in [-0.15, -0.1) is 0 Å². The third kappa shape index (κ3) is 3.53. The Morgan fingerprint density at radius 2 is 2.14 bits per heavy atom. The maximum Gasteiger partial charge on any atom is 0.332 e. The molecule has 1 fully saturated rings. The molecule has 7 heteroatoms. The highest BCUT2D eigenvalue weighted by Gasteiger charge is 2.46. The molecule has 1 heterocycles. The van der Waals surface area contributed by atoms with E-state index in [-0.39, 0.29) is 23.8 Å². The van der Waals surface area contributed by atoms with Crippen molar-refractivity contribution in [1.82, 2.24) is 0 Å². The van der Waals surface area contributed by atoms with Gasteiger partial charge in [-0.3, -0.25) is 0 Å². The van der Waals surface area contributed by atoms with Gasteiger partial charge in [0.15, 0.2) is 9.84 Å². The van der Waals surface area contributed by atoms with E-state index in [1.54, 1.807) is 13.0 Å². The van der Waals surface area contributed by atoms with Gasteiger partial charge in [0, 0.05) is 0 Å². The molecule has 0 saturated carbocycles. The van der Waals surface area contributed by atoms with E-state index in [2.05, 4.69) is 5.32 Å². The SMILES string of the molecule is CCOC(=O)C1(Nc2ccccc2F)CCCS(=O)(=O)C1. The number of sulfone groups is 1. The molecule has 1 saturated heterocycles. The Morgan fingerprint density at radius 1 is 1.43 bits per heavy atom. The topological polar surface area (TPSA) is 72.5 Å². The molecule has 5 nitrogen and oxygen atoms in total. The Balaban J connectivity index is 2.37. The fourth-order valence-corrected chi connectivity index (χ4v) is 4.33. The zero-order chi connectivity index (χ0) is 15.5. The molecule has 1 aliphatic heterocycles. The van der Waals surface area contributed by atoms with Crippen molar-refractivity contribution in [2.75, 3.05) is 23.4 Å². The summed E-state index contributed by atoms with van der Waals surface area (Å²) < 4.78 is 42.6. The van der Waals surface area contributed by atoms with E-state index >= 15 is 0 Å². The van der Waals surface area contributed by atoms with Gasteiger partial charge >= 0.3 is 5.97 Å². The zero-order valence-corrected chi connectivity index (χ0v) is 12.6. The molecule has 1 N–H and O–H groups in total. The van der Waals surface area contributed by atoms with Crippen molar-refractivity contribution in [1.29, 1.82) is 0 Å². The number of para-hydroxylation sites is 1. The van der Waals surface area contributed by atoms with Crippen LogP contribution < -0.4 is 5.32 Å². The molecular weight excluding hydrogens is 297 g/mol. The molecule has 1 aromatic rings. The van der Waals surface area contributed by atoms with Gasteiger partial charge < -0.3 is 10.1 Å². The molecule has 0 amide bonds. The number of ether oxygens (including phenoxy) is 1. The zero-order valence-electron chi connectivity index (χ0n) is 11.8. The molecule has 0 spiro atoms. The average molecular weight is 315 g/mol. The second kappa shape index (κ2) is 6.01. The van der Waals surface area contributed by atoms with Crippen LogP contribution >= 0.6 is 0 Å². The smallest absolute Gasteiger partial charge is 0.332 e. The Labute approximate surface area is 123 Å². The molecule has 0 aromatic heterocycles. The molecule has 21 heavy (non-hydrogen) atoms. The van der Waals surface area contributed by atoms with Crippen molar-refractivity contribution >= 4 is 21.5 Å². The number of hydrogen-bond donors (Lipinski definition) is 1. The summed E-state index contributed by atoms with van der Waals surface area (Å²) >= 11 is 0. The van der Waals surface area contributed by atoms with E-state index < -0.39 is 27.2 Å². The molecule has 1 unspecified atom stereocenters. The Kier molecular flexibility index (Phi) is 4.51. The minimum atomic E-state index is -3.37. The van der Waals surface area contributed by atoms with Crippen LogP contribution in [0, 0.1) is 5.82 Å². The molecule has 0 radical (unpaired) electrons. The second-order valence-electron chi connectivity index (χ2n) is 5.10. The predicted octanol–water partition coefficient (Wildman–Crippen LogP) is 1.75. The van der Waals surface area contributed by atoms with Gasteiger partial charge in [0.25, 0.3) is 0 Å². The quantitative estimate of drug-likeness (QED) is 0.857.